The quantitative estimate of drug-likeness (QED) is 0.890. The standard InChI is InChI=1S/C12H18ClN3O3S/c1-9-5-6-10(13)7-11(9)14-12(17)8-16(4)20(18,19)15(2)3/h5-7H,8H2,1-4H3,(H,14,17). The zero-order valence-corrected chi connectivity index (χ0v) is 13.4. The van der Waals surface area contributed by atoms with Gasteiger partial charge in [-0.3, -0.25) is 4.79 Å². The summed E-state index contributed by atoms with van der Waals surface area (Å²) in [7, 11) is 0.559. The monoisotopic (exact) mass is 319 g/mol. The molecule has 0 unspecified atom stereocenters. The van der Waals surface area contributed by atoms with Gasteiger partial charge in [0.15, 0.2) is 0 Å². The molecule has 1 rings (SSSR count). The van der Waals surface area contributed by atoms with E-state index in [0.29, 0.717) is 10.7 Å². The Balaban J connectivity index is 2.76. The summed E-state index contributed by atoms with van der Waals surface area (Å²) in [5.41, 5.74) is 1.42. The second kappa shape index (κ2) is 6.53. The van der Waals surface area contributed by atoms with Crippen molar-refractivity contribution in [2.75, 3.05) is 33.0 Å². The number of carbonyl (C=O) groups excluding carboxylic acids is 1. The predicted octanol–water partition coefficient (Wildman–Crippen LogP) is 1.33. The predicted molar refractivity (Wildman–Crippen MR) is 80.1 cm³/mol. The fourth-order valence-corrected chi connectivity index (χ4v) is 2.49. The van der Waals surface area contributed by atoms with Crippen molar-refractivity contribution < 1.29 is 13.2 Å². The van der Waals surface area contributed by atoms with E-state index in [2.05, 4.69) is 5.32 Å². The van der Waals surface area contributed by atoms with Gasteiger partial charge in [-0.25, -0.2) is 0 Å². The number of likely N-dealkylation sites (N-methyl/N-ethyl adjacent to an activating group) is 1. The van der Waals surface area contributed by atoms with Gasteiger partial charge in [0.1, 0.15) is 0 Å². The van der Waals surface area contributed by atoms with Crippen molar-refractivity contribution >= 4 is 33.4 Å². The topological polar surface area (TPSA) is 69.7 Å². The van der Waals surface area contributed by atoms with Gasteiger partial charge in [-0.2, -0.15) is 17.0 Å². The van der Waals surface area contributed by atoms with Crippen LogP contribution in [0.2, 0.25) is 5.02 Å². The van der Waals surface area contributed by atoms with E-state index in [1.165, 1.54) is 21.1 Å². The molecule has 1 amide bonds. The fourth-order valence-electron chi connectivity index (χ4n) is 1.48. The summed E-state index contributed by atoms with van der Waals surface area (Å²) in [5, 5.41) is 3.15. The molecule has 0 bridgehead atoms. The van der Waals surface area contributed by atoms with E-state index < -0.39 is 16.1 Å². The molecule has 1 aromatic carbocycles. The molecule has 1 aromatic rings. The average molecular weight is 320 g/mol. The Morgan fingerprint density at radius 3 is 2.45 bits per heavy atom. The van der Waals surface area contributed by atoms with Crippen molar-refractivity contribution in [3.63, 3.8) is 0 Å². The van der Waals surface area contributed by atoms with Crippen molar-refractivity contribution in [1.82, 2.24) is 8.61 Å². The van der Waals surface area contributed by atoms with Gasteiger partial charge in [0.25, 0.3) is 10.2 Å². The summed E-state index contributed by atoms with van der Waals surface area (Å²) >= 11 is 5.86. The lowest BCUT2D eigenvalue weighted by atomic mass is 10.2. The van der Waals surface area contributed by atoms with Crippen LogP contribution in [-0.4, -0.2) is 50.6 Å². The number of nitrogens with zero attached hydrogens (tertiary/aromatic N) is 2. The molecule has 0 spiro atoms. The SMILES string of the molecule is Cc1ccc(Cl)cc1NC(=O)CN(C)S(=O)(=O)N(C)C. The lowest BCUT2D eigenvalue weighted by Gasteiger charge is -2.21. The lowest BCUT2D eigenvalue weighted by Crippen LogP contribution is -2.41. The molecule has 1 N–H and O–H groups in total. The first-order chi connectivity index (χ1) is 9.14. The van der Waals surface area contributed by atoms with Gasteiger partial charge in [0.2, 0.25) is 5.91 Å². The van der Waals surface area contributed by atoms with Crippen LogP contribution in [0, 0.1) is 6.92 Å². The van der Waals surface area contributed by atoms with Gasteiger partial charge in [-0.1, -0.05) is 17.7 Å². The number of aryl methyl sites for hydroxylation is 1. The highest BCUT2D eigenvalue weighted by molar-refractivity contribution is 7.86. The molecule has 6 nitrogen and oxygen atoms in total. The first kappa shape index (κ1) is 16.9. The minimum absolute atomic E-state index is 0.271. The molecule has 0 radical (unpaired) electrons. The highest BCUT2D eigenvalue weighted by atomic mass is 35.5. The molecule has 0 heterocycles. The molecular formula is C12H18ClN3O3S. The van der Waals surface area contributed by atoms with Crippen LogP contribution >= 0.6 is 11.6 Å². The van der Waals surface area contributed by atoms with Crippen LogP contribution in [0.25, 0.3) is 0 Å². The second-order valence-electron chi connectivity index (χ2n) is 4.55. The van der Waals surface area contributed by atoms with E-state index in [0.717, 1.165) is 14.2 Å². The normalized spacial score (nSPS) is 11.9. The summed E-state index contributed by atoms with van der Waals surface area (Å²) in [6.45, 7) is 1.55. The van der Waals surface area contributed by atoms with E-state index in [9.17, 15) is 13.2 Å². The van der Waals surface area contributed by atoms with E-state index in [4.69, 9.17) is 11.6 Å². The van der Waals surface area contributed by atoms with E-state index in [1.54, 1.807) is 18.2 Å². The Hall–Kier alpha value is -1.15. The van der Waals surface area contributed by atoms with E-state index >= 15 is 0 Å². The summed E-state index contributed by atoms with van der Waals surface area (Å²) in [6, 6.07) is 5.11. The van der Waals surface area contributed by atoms with Crippen molar-refractivity contribution in [3.05, 3.63) is 28.8 Å². The summed E-state index contributed by atoms with van der Waals surface area (Å²) < 4.78 is 25.6. The minimum Gasteiger partial charge on any atom is -0.325 e. The summed E-state index contributed by atoms with van der Waals surface area (Å²) in [5.74, 6) is -0.428. The minimum atomic E-state index is -3.60. The van der Waals surface area contributed by atoms with Crippen LogP contribution in [0.1, 0.15) is 5.56 Å². The lowest BCUT2D eigenvalue weighted by molar-refractivity contribution is -0.116. The molecule has 0 aliphatic carbocycles. The average Bonchev–Trinajstić information content (AvgIpc) is 2.33. The van der Waals surface area contributed by atoms with E-state index in [1.807, 2.05) is 6.92 Å². The molecule has 0 atom stereocenters. The van der Waals surface area contributed by atoms with Gasteiger partial charge >= 0.3 is 0 Å². The molecular weight excluding hydrogens is 302 g/mol. The van der Waals surface area contributed by atoms with Crippen LogP contribution in [-0.2, 0) is 15.0 Å². The first-order valence-corrected chi connectivity index (χ1v) is 7.62. The number of hydrogen-bond donors (Lipinski definition) is 1. The summed E-state index contributed by atoms with van der Waals surface area (Å²) in [4.78, 5) is 11.9. The molecule has 20 heavy (non-hydrogen) atoms. The third kappa shape index (κ3) is 4.17. The Morgan fingerprint density at radius 2 is 1.90 bits per heavy atom. The molecule has 0 fully saturated rings. The maximum Gasteiger partial charge on any atom is 0.281 e. The third-order valence-electron chi connectivity index (χ3n) is 2.70. The number of benzene rings is 1. The molecule has 8 heteroatoms. The van der Waals surface area contributed by atoms with Gasteiger partial charge in [-0.15, -0.1) is 0 Å². The number of anilines is 1. The largest absolute Gasteiger partial charge is 0.325 e. The fraction of sp³-hybridized carbons (Fsp3) is 0.417. The van der Waals surface area contributed by atoms with Crippen LogP contribution in [0.15, 0.2) is 18.2 Å². The number of nitrogens with one attached hydrogen (secondary N) is 1. The van der Waals surface area contributed by atoms with Crippen molar-refractivity contribution in [2.45, 2.75) is 6.92 Å². The Morgan fingerprint density at radius 1 is 1.30 bits per heavy atom. The van der Waals surface area contributed by atoms with Gasteiger partial charge in [0.05, 0.1) is 6.54 Å². The molecule has 0 saturated heterocycles. The molecule has 0 aliphatic rings. The smallest absolute Gasteiger partial charge is 0.281 e. The van der Waals surface area contributed by atoms with Crippen molar-refractivity contribution in [3.8, 4) is 0 Å². The number of hydrogen-bond acceptors (Lipinski definition) is 3. The number of carbonyl (C=O) groups is 1. The Kier molecular flexibility index (Phi) is 5.52. The summed E-state index contributed by atoms with van der Waals surface area (Å²) in [6.07, 6.45) is 0. The van der Waals surface area contributed by atoms with Crippen LogP contribution in [0.5, 0.6) is 0 Å². The number of amides is 1. The first-order valence-electron chi connectivity index (χ1n) is 5.84. The van der Waals surface area contributed by atoms with E-state index in [-0.39, 0.29) is 6.54 Å². The van der Waals surface area contributed by atoms with Gasteiger partial charge in [0, 0.05) is 31.9 Å². The van der Waals surface area contributed by atoms with Gasteiger partial charge in [-0.05, 0) is 24.6 Å². The van der Waals surface area contributed by atoms with Crippen LogP contribution < -0.4 is 5.32 Å². The number of rotatable bonds is 5. The molecule has 0 aromatic heterocycles. The molecule has 112 valence electrons. The Labute approximate surface area is 124 Å². The molecule has 0 saturated carbocycles. The zero-order valence-electron chi connectivity index (χ0n) is 11.8. The van der Waals surface area contributed by atoms with Gasteiger partial charge < -0.3 is 5.32 Å². The second-order valence-corrected chi connectivity index (χ2v) is 7.24. The number of halogens is 1. The van der Waals surface area contributed by atoms with Crippen molar-refractivity contribution in [1.29, 1.82) is 0 Å². The maximum atomic E-state index is 11.9. The van der Waals surface area contributed by atoms with Crippen LogP contribution in [0.4, 0.5) is 5.69 Å². The molecule has 0 aliphatic heterocycles. The third-order valence-corrected chi connectivity index (χ3v) is 4.77. The maximum absolute atomic E-state index is 11.9. The highest BCUT2D eigenvalue weighted by Crippen LogP contribution is 2.20. The zero-order chi connectivity index (χ0) is 15.5. The van der Waals surface area contributed by atoms with Crippen LogP contribution in [0.3, 0.4) is 0 Å². The highest BCUT2D eigenvalue weighted by Gasteiger charge is 2.22. The van der Waals surface area contributed by atoms with Crippen molar-refractivity contribution in [2.24, 2.45) is 0 Å². The Bertz CT molecular complexity index is 602.